The van der Waals surface area contributed by atoms with E-state index in [1.54, 1.807) is 13.8 Å². The summed E-state index contributed by atoms with van der Waals surface area (Å²) in [7, 11) is 0. The number of ether oxygens (including phenoxy) is 1. The second-order valence-electron chi connectivity index (χ2n) is 3.20. The second-order valence-corrected chi connectivity index (χ2v) is 3.20. The average Bonchev–Trinajstić information content (AvgIpc) is 2.90. The molecule has 1 fully saturated rings. The predicted molar refractivity (Wildman–Crippen MR) is 53.7 cm³/mol. The smallest absolute Gasteiger partial charge is 0.397 e. The Labute approximate surface area is 85.0 Å². The summed E-state index contributed by atoms with van der Waals surface area (Å²) in [6, 6.07) is 0.206. The number of carbonyl (C=O) groups excluding carboxylic acids is 2. The van der Waals surface area contributed by atoms with Crippen LogP contribution >= 0.6 is 0 Å². The Balaban J connectivity index is 0.000000791. The normalized spacial score (nSPS) is 14.1. The molecule has 4 nitrogen and oxygen atoms in total. The molecule has 14 heavy (non-hydrogen) atoms. The summed E-state index contributed by atoms with van der Waals surface area (Å²) >= 11 is 0. The maximum Gasteiger partial charge on any atom is 0.397 e. The van der Waals surface area contributed by atoms with Crippen LogP contribution < -0.4 is 5.32 Å². The lowest BCUT2D eigenvalue weighted by atomic mass is 10.5. The van der Waals surface area contributed by atoms with Gasteiger partial charge in [0.15, 0.2) is 0 Å². The van der Waals surface area contributed by atoms with Gasteiger partial charge in [0.1, 0.15) is 0 Å². The number of carbonyl (C=O) groups is 2. The van der Waals surface area contributed by atoms with Gasteiger partial charge in [0.05, 0.1) is 6.10 Å². The van der Waals surface area contributed by atoms with E-state index in [4.69, 9.17) is 0 Å². The van der Waals surface area contributed by atoms with E-state index in [1.165, 1.54) is 0 Å². The van der Waals surface area contributed by atoms with Crippen LogP contribution in [0.4, 0.5) is 0 Å². The van der Waals surface area contributed by atoms with Crippen molar-refractivity contribution in [2.24, 2.45) is 0 Å². The second kappa shape index (κ2) is 6.40. The largest absolute Gasteiger partial charge is 0.456 e. The van der Waals surface area contributed by atoms with Crippen LogP contribution in [0.5, 0.6) is 0 Å². The fourth-order valence-electron chi connectivity index (χ4n) is 0.740. The lowest BCUT2D eigenvalue weighted by Gasteiger charge is -2.06. The van der Waals surface area contributed by atoms with E-state index in [0.717, 1.165) is 12.8 Å². The fourth-order valence-corrected chi connectivity index (χ4v) is 0.740. The molecule has 1 aliphatic rings. The summed E-state index contributed by atoms with van der Waals surface area (Å²) in [5.74, 6) is -1.40. The van der Waals surface area contributed by atoms with Crippen molar-refractivity contribution in [3.8, 4) is 0 Å². The van der Waals surface area contributed by atoms with Gasteiger partial charge in [-0.1, -0.05) is 13.8 Å². The van der Waals surface area contributed by atoms with Gasteiger partial charge < -0.3 is 10.1 Å². The summed E-state index contributed by atoms with van der Waals surface area (Å²) in [6.07, 6.45) is 1.71. The number of amides is 1. The van der Waals surface area contributed by atoms with Crippen LogP contribution in [0, 0.1) is 0 Å². The molecule has 1 N–H and O–H groups in total. The molecule has 0 radical (unpaired) electrons. The van der Waals surface area contributed by atoms with Gasteiger partial charge in [-0.15, -0.1) is 0 Å². The molecule has 0 bridgehead atoms. The summed E-state index contributed by atoms with van der Waals surface area (Å²) in [5.41, 5.74) is 0. The fraction of sp³-hybridized carbons (Fsp3) is 0.800. The van der Waals surface area contributed by atoms with Gasteiger partial charge in [0, 0.05) is 6.04 Å². The first kappa shape index (κ1) is 12.9. The van der Waals surface area contributed by atoms with Gasteiger partial charge in [-0.2, -0.15) is 0 Å². The third-order valence-electron chi connectivity index (χ3n) is 1.44. The molecule has 0 heterocycles. The van der Waals surface area contributed by atoms with Crippen LogP contribution in [0.2, 0.25) is 0 Å². The first-order chi connectivity index (χ1) is 6.59. The molecule has 0 saturated heterocycles. The minimum absolute atomic E-state index is 0.206. The number of esters is 1. The number of hydrogen-bond acceptors (Lipinski definition) is 3. The molecule has 0 aromatic rings. The van der Waals surface area contributed by atoms with Crippen molar-refractivity contribution in [2.75, 3.05) is 0 Å². The highest BCUT2D eigenvalue weighted by Gasteiger charge is 2.27. The molecule has 0 aromatic carbocycles. The zero-order valence-corrected chi connectivity index (χ0v) is 9.29. The molecule has 82 valence electrons. The van der Waals surface area contributed by atoms with Crippen molar-refractivity contribution >= 4 is 11.9 Å². The van der Waals surface area contributed by atoms with Gasteiger partial charge in [0.25, 0.3) is 0 Å². The Bertz CT molecular complexity index is 184. The molecule has 1 aliphatic carbocycles. The van der Waals surface area contributed by atoms with Crippen molar-refractivity contribution in [2.45, 2.75) is 52.7 Å². The van der Waals surface area contributed by atoms with Crippen LogP contribution in [-0.4, -0.2) is 24.0 Å². The first-order valence-corrected chi connectivity index (χ1v) is 5.11. The minimum Gasteiger partial charge on any atom is -0.456 e. The van der Waals surface area contributed by atoms with E-state index in [1.807, 2.05) is 13.8 Å². The Morgan fingerprint density at radius 2 is 1.79 bits per heavy atom. The maximum absolute atomic E-state index is 10.9. The molecule has 1 amide bonds. The van der Waals surface area contributed by atoms with Crippen molar-refractivity contribution < 1.29 is 14.3 Å². The quantitative estimate of drug-likeness (QED) is 0.540. The molecule has 0 spiro atoms. The third-order valence-corrected chi connectivity index (χ3v) is 1.44. The lowest BCUT2D eigenvalue weighted by molar-refractivity contribution is -0.157. The Hall–Kier alpha value is -1.06. The highest BCUT2D eigenvalue weighted by atomic mass is 16.5. The van der Waals surface area contributed by atoms with Gasteiger partial charge in [-0.3, -0.25) is 4.79 Å². The van der Waals surface area contributed by atoms with Crippen molar-refractivity contribution in [3.05, 3.63) is 0 Å². The Morgan fingerprint density at radius 3 is 2.14 bits per heavy atom. The summed E-state index contributed by atoms with van der Waals surface area (Å²) in [4.78, 5) is 21.8. The molecule has 0 aliphatic heterocycles. The highest BCUT2D eigenvalue weighted by Crippen LogP contribution is 2.18. The van der Waals surface area contributed by atoms with Crippen LogP contribution in [0.25, 0.3) is 0 Å². The zero-order chi connectivity index (χ0) is 11.1. The predicted octanol–water partition coefficient (Wildman–Crippen LogP) is 1.24. The average molecular weight is 201 g/mol. The van der Waals surface area contributed by atoms with E-state index in [9.17, 15) is 9.59 Å². The number of rotatable bonds is 2. The van der Waals surface area contributed by atoms with Crippen LogP contribution in [0.15, 0.2) is 0 Å². The van der Waals surface area contributed by atoms with E-state index in [0.29, 0.717) is 0 Å². The topological polar surface area (TPSA) is 55.4 Å². The van der Waals surface area contributed by atoms with Crippen LogP contribution in [0.3, 0.4) is 0 Å². The van der Waals surface area contributed by atoms with Gasteiger partial charge >= 0.3 is 11.9 Å². The molecular weight excluding hydrogens is 182 g/mol. The summed E-state index contributed by atoms with van der Waals surface area (Å²) in [5, 5.41) is 2.55. The van der Waals surface area contributed by atoms with Crippen molar-refractivity contribution in [1.29, 1.82) is 0 Å². The highest BCUT2D eigenvalue weighted by molar-refractivity contribution is 6.32. The first-order valence-electron chi connectivity index (χ1n) is 5.11. The molecule has 0 aromatic heterocycles. The standard InChI is InChI=1S/C8H13NO3.C2H6/c1-5(2)12-8(11)7(10)9-6-3-4-6;1-2/h5-6H,3-4H2,1-2H3,(H,9,10);1-2H3. The third kappa shape index (κ3) is 5.56. The number of hydrogen-bond donors (Lipinski definition) is 1. The zero-order valence-electron chi connectivity index (χ0n) is 9.29. The van der Waals surface area contributed by atoms with Gasteiger partial charge in [-0.25, -0.2) is 4.79 Å². The molecule has 1 rings (SSSR count). The molecule has 4 heteroatoms. The van der Waals surface area contributed by atoms with Gasteiger partial charge in [0.2, 0.25) is 0 Å². The van der Waals surface area contributed by atoms with E-state index >= 15 is 0 Å². The molecule has 0 unspecified atom stereocenters. The van der Waals surface area contributed by atoms with Crippen LogP contribution in [0.1, 0.15) is 40.5 Å². The minimum atomic E-state index is -0.781. The van der Waals surface area contributed by atoms with E-state index < -0.39 is 11.9 Å². The maximum atomic E-state index is 10.9. The lowest BCUT2D eigenvalue weighted by Crippen LogP contribution is -2.35. The molecule has 1 saturated carbocycles. The van der Waals surface area contributed by atoms with E-state index in [2.05, 4.69) is 10.1 Å². The summed E-state index contributed by atoms with van der Waals surface area (Å²) in [6.45, 7) is 7.42. The Kier molecular flexibility index (Phi) is 5.92. The van der Waals surface area contributed by atoms with Gasteiger partial charge in [-0.05, 0) is 26.7 Å². The van der Waals surface area contributed by atoms with Crippen molar-refractivity contribution in [1.82, 2.24) is 5.32 Å². The van der Waals surface area contributed by atoms with Crippen molar-refractivity contribution in [3.63, 3.8) is 0 Å². The monoisotopic (exact) mass is 201 g/mol. The SMILES string of the molecule is CC.CC(C)OC(=O)C(=O)NC1CC1. The van der Waals surface area contributed by atoms with E-state index in [-0.39, 0.29) is 12.1 Å². The Morgan fingerprint density at radius 1 is 1.29 bits per heavy atom. The number of nitrogens with one attached hydrogen (secondary N) is 1. The van der Waals surface area contributed by atoms with Crippen LogP contribution in [-0.2, 0) is 14.3 Å². The summed E-state index contributed by atoms with van der Waals surface area (Å²) < 4.78 is 4.69. The molecule has 0 atom stereocenters. The molecular formula is C10H19NO3.